The van der Waals surface area contributed by atoms with Crippen molar-refractivity contribution in [3.05, 3.63) is 35.0 Å². The first-order chi connectivity index (χ1) is 12.2. The molecule has 2 N–H and O–H groups in total. The molecule has 2 aromatic heterocycles. The normalized spacial score (nSPS) is 15.5. The summed E-state index contributed by atoms with van der Waals surface area (Å²) in [6.07, 6.45) is 4.66. The highest BCUT2D eigenvalue weighted by Crippen LogP contribution is 2.26. The van der Waals surface area contributed by atoms with Crippen LogP contribution in [0.5, 0.6) is 0 Å². The van der Waals surface area contributed by atoms with E-state index in [4.69, 9.17) is 14.7 Å². The number of anilines is 1. The molecule has 0 saturated heterocycles. The highest BCUT2D eigenvalue weighted by Gasteiger charge is 2.20. The van der Waals surface area contributed by atoms with E-state index in [1.165, 1.54) is 5.56 Å². The molecule has 2 aromatic rings. The highest BCUT2D eigenvalue weighted by atomic mass is 16.5. The second kappa shape index (κ2) is 8.40. The van der Waals surface area contributed by atoms with Crippen molar-refractivity contribution in [3.8, 4) is 0 Å². The van der Waals surface area contributed by atoms with Crippen molar-refractivity contribution in [3.63, 3.8) is 0 Å². The maximum absolute atomic E-state index is 5.54. The molecular formula is C18H28N6O. The van der Waals surface area contributed by atoms with Gasteiger partial charge in [0.05, 0.1) is 17.4 Å². The fraction of sp³-hybridized carbons (Fsp3) is 0.611. The Bertz CT molecular complexity index is 699. The van der Waals surface area contributed by atoms with E-state index in [1.54, 1.807) is 0 Å². The van der Waals surface area contributed by atoms with Crippen LogP contribution in [0.15, 0.2) is 12.3 Å². The molecule has 0 radical (unpaired) electrons. The topological polar surface area (TPSA) is 76.9 Å². The van der Waals surface area contributed by atoms with Gasteiger partial charge in [0, 0.05) is 38.4 Å². The molecule has 3 rings (SSSR count). The number of ether oxygens (including phenoxy) is 1. The van der Waals surface area contributed by atoms with Crippen molar-refractivity contribution >= 4 is 5.82 Å². The van der Waals surface area contributed by atoms with E-state index < -0.39 is 0 Å². The summed E-state index contributed by atoms with van der Waals surface area (Å²) in [6.45, 7) is 7.19. The van der Waals surface area contributed by atoms with Crippen molar-refractivity contribution in [2.45, 2.75) is 45.8 Å². The van der Waals surface area contributed by atoms with E-state index in [2.05, 4.69) is 28.7 Å². The molecule has 0 aromatic carbocycles. The van der Waals surface area contributed by atoms with Gasteiger partial charge in [-0.1, -0.05) is 6.92 Å². The van der Waals surface area contributed by atoms with Crippen LogP contribution in [0.3, 0.4) is 0 Å². The number of fused-ring (bicyclic) bond motifs is 1. The molecule has 136 valence electrons. The molecule has 0 bridgehead atoms. The van der Waals surface area contributed by atoms with Crippen molar-refractivity contribution in [2.24, 2.45) is 7.05 Å². The van der Waals surface area contributed by atoms with Gasteiger partial charge in [0.25, 0.3) is 0 Å². The number of nitrogens with one attached hydrogen (secondary N) is 2. The van der Waals surface area contributed by atoms with Crippen LogP contribution in [-0.2, 0) is 31.2 Å². The molecule has 3 heterocycles. The lowest BCUT2D eigenvalue weighted by molar-refractivity contribution is 0.128. The molecule has 1 aliphatic heterocycles. The van der Waals surface area contributed by atoms with E-state index in [9.17, 15) is 0 Å². The van der Waals surface area contributed by atoms with Crippen molar-refractivity contribution < 1.29 is 4.74 Å². The van der Waals surface area contributed by atoms with Gasteiger partial charge in [-0.05, 0) is 32.4 Å². The summed E-state index contributed by atoms with van der Waals surface area (Å²) < 4.78 is 7.46. The fourth-order valence-electron chi connectivity index (χ4n) is 3.25. The van der Waals surface area contributed by atoms with Crippen LogP contribution >= 0.6 is 0 Å². The molecule has 7 heteroatoms. The highest BCUT2D eigenvalue weighted by molar-refractivity contribution is 5.49. The number of rotatable bonds is 7. The molecule has 0 fully saturated rings. The van der Waals surface area contributed by atoms with Gasteiger partial charge in [-0.15, -0.1) is 0 Å². The second-order valence-electron chi connectivity index (χ2n) is 6.29. The Hall–Kier alpha value is -1.99. The van der Waals surface area contributed by atoms with Gasteiger partial charge >= 0.3 is 0 Å². The molecule has 7 nitrogen and oxygen atoms in total. The minimum absolute atomic E-state index is 0.169. The zero-order chi connectivity index (χ0) is 17.6. The number of aromatic nitrogens is 4. The van der Waals surface area contributed by atoms with Gasteiger partial charge in [-0.2, -0.15) is 5.10 Å². The third-order valence-corrected chi connectivity index (χ3v) is 4.60. The molecule has 0 unspecified atom stereocenters. The number of hydrogen-bond acceptors (Lipinski definition) is 6. The minimum atomic E-state index is 0.169. The molecule has 1 aliphatic rings. The number of aryl methyl sites for hydroxylation is 1. The average Bonchev–Trinajstić information content (AvgIpc) is 2.90. The Kier molecular flexibility index (Phi) is 5.99. The van der Waals surface area contributed by atoms with Gasteiger partial charge in [-0.3, -0.25) is 4.68 Å². The van der Waals surface area contributed by atoms with Gasteiger partial charge in [0.1, 0.15) is 12.4 Å². The summed E-state index contributed by atoms with van der Waals surface area (Å²) >= 11 is 0. The predicted molar refractivity (Wildman–Crippen MR) is 97.5 cm³/mol. The maximum Gasteiger partial charge on any atom is 0.156 e. The van der Waals surface area contributed by atoms with Crippen LogP contribution in [0, 0.1) is 0 Å². The SMILES string of the molecule is CCOCc1nc2c(c(N[C@H](CC)c3ccnn3C)n1)CCNCC2. The van der Waals surface area contributed by atoms with E-state index in [0.717, 1.165) is 55.4 Å². The molecular weight excluding hydrogens is 316 g/mol. The molecule has 0 saturated carbocycles. The summed E-state index contributed by atoms with van der Waals surface area (Å²) in [6, 6.07) is 2.23. The van der Waals surface area contributed by atoms with Crippen LogP contribution < -0.4 is 10.6 Å². The summed E-state index contributed by atoms with van der Waals surface area (Å²) in [5.41, 5.74) is 3.52. The van der Waals surface area contributed by atoms with E-state index in [-0.39, 0.29) is 6.04 Å². The first-order valence-corrected chi connectivity index (χ1v) is 9.14. The zero-order valence-corrected chi connectivity index (χ0v) is 15.4. The lowest BCUT2D eigenvalue weighted by Crippen LogP contribution is -2.18. The van der Waals surface area contributed by atoms with Crippen molar-refractivity contribution in [2.75, 3.05) is 25.0 Å². The molecule has 0 spiro atoms. The van der Waals surface area contributed by atoms with Gasteiger partial charge in [-0.25, -0.2) is 9.97 Å². The molecule has 0 amide bonds. The Balaban J connectivity index is 1.93. The molecule has 0 aliphatic carbocycles. The lowest BCUT2D eigenvalue weighted by atomic mass is 10.1. The van der Waals surface area contributed by atoms with Crippen LogP contribution in [0.2, 0.25) is 0 Å². The minimum Gasteiger partial charge on any atom is -0.374 e. The van der Waals surface area contributed by atoms with E-state index >= 15 is 0 Å². The monoisotopic (exact) mass is 344 g/mol. The fourth-order valence-corrected chi connectivity index (χ4v) is 3.25. The van der Waals surface area contributed by atoms with E-state index in [0.29, 0.717) is 13.2 Å². The van der Waals surface area contributed by atoms with Gasteiger partial charge in [0.2, 0.25) is 0 Å². The first-order valence-electron chi connectivity index (χ1n) is 9.14. The molecule has 25 heavy (non-hydrogen) atoms. The summed E-state index contributed by atoms with van der Waals surface area (Å²) in [4.78, 5) is 9.54. The second-order valence-corrected chi connectivity index (χ2v) is 6.29. The lowest BCUT2D eigenvalue weighted by Gasteiger charge is -2.21. The van der Waals surface area contributed by atoms with Gasteiger partial charge in [0.15, 0.2) is 5.82 Å². The third-order valence-electron chi connectivity index (χ3n) is 4.60. The van der Waals surface area contributed by atoms with Crippen LogP contribution in [0.4, 0.5) is 5.82 Å². The maximum atomic E-state index is 5.54. The Labute approximate surface area is 149 Å². The first kappa shape index (κ1) is 17.8. The summed E-state index contributed by atoms with van der Waals surface area (Å²) in [5, 5.41) is 11.4. The van der Waals surface area contributed by atoms with Crippen LogP contribution in [-0.4, -0.2) is 39.4 Å². The van der Waals surface area contributed by atoms with E-state index in [1.807, 2.05) is 24.9 Å². The van der Waals surface area contributed by atoms with Crippen molar-refractivity contribution in [1.82, 2.24) is 25.1 Å². The van der Waals surface area contributed by atoms with Crippen molar-refractivity contribution in [1.29, 1.82) is 0 Å². The largest absolute Gasteiger partial charge is 0.374 e. The number of nitrogens with zero attached hydrogens (tertiary/aromatic N) is 4. The third kappa shape index (κ3) is 4.16. The zero-order valence-electron chi connectivity index (χ0n) is 15.4. The Morgan fingerprint density at radius 3 is 2.84 bits per heavy atom. The smallest absolute Gasteiger partial charge is 0.156 e. The number of hydrogen-bond donors (Lipinski definition) is 2. The standard InChI is InChI=1S/C18H28N6O/c1-4-14(16-8-11-20-24(16)3)22-18-13-6-9-19-10-7-15(13)21-17(23-18)12-25-5-2/h8,11,14,19H,4-7,9-10,12H2,1-3H3,(H,21,22,23)/t14-/m1/s1. The summed E-state index contributed by atoms with van der Waals surface area (Å²) in [7, 11) is 1.98. The average molecular weight is 344 g/mol. The van der Waals surface area contributed by atoms with Crippen LogP contribution in [0.25, 0.3) is 0 Å². The summed E-state index contributed by atoms with van der Waals surface area (Å²) in [5.74, 6) is 1.70. The molecule has 1 atom stereocenters. The Morgan fingerprint density at radius 1 is 1.28 bits per heavy atom. The van der Waals surface area contributed by atoms with Gasteiger partial charge < -0.3 is 15.4 Å². The quantitative estimate of drug-likeness (QED) is 0.800. The van der Waals surface area contributed by atoms with Crippen LogP contribution in [0.1, 0.15) is 49.1 Å². The Morgan fingerprint density at radius 2 is 2.12 bits per heavy atom. The predicted octanol–water partition coefficient (Wildman–Crippen LogP) is 2.00.